The van der Waals surface area contributed by atoms with E-state index in [-0.39, 0.29) is 28.1 Å². The van der Waals surface area contributed by atoms with Crippen LogP contribution in [-0.4, -0.2) is 72.8 Å². The molecule has 5 fully saturated rings. The first-order valence-electron chi connectivity index (χ1n) is 20.5. The molecule has 1 saturated heterocycles. The fourth-order valence-corrected chi connectivity index (χ4v) is 14.2. The van der Waals surface area contributed by atoms with Crippen molar-refractivity contribution in [1.29, 1.82) is 0 Å². The predicted octanol–water partition coefficient (Wildman–Crippen LogP) is 7.95. The number of rotatable bonds is 9. The summed E-state index contributed by atoms with van der Waals surface area (Å²) in [6.07, 6.45) is 13.9. The van der Waals surface area contributed by atoms with E-state index in [4.69, 9.17) is 4.74 Å². The van der Waals surface area contributed by atoms with Crippen molar-refractivity contribution < 1.29 is 19.1 Å². The van der Waals surface area contributed by atoms with Crippen LogP contribution in [0.25, 0.3) is 5.57 Å². The van der Waals surface area contributed by atoms with Gasteiger partial charge in [-0.05, 0) is 139 Å². The first kappa shape index (κ1) is 37.5. The van der Waals surface area contributed by atoms with Crippen molar-refractivity contribution in [2.24, 2.45) is 51.2 Å². The second-order valence-corrected chi connectivity index (χ2v) is 19.2. The topological polar surface area (TPSA) is 78.9 Å². The van der Waals surface area contributed by atoms with E-state index in [0.29, 0.717) is 65.7 Å². The molecule has 5 aliphatic carbocycles. The quantitative estimate of drug-likeness (QED) is 0.159. The molecule has 7 heteroatoms. The van der Waals surface area contributed by atoms with Crippen molar-refractivity contribution in [2.45, 2.75) is 112 Å². The molecular weight excluding hydrogens is 647 g/mol. The number of benzene rings is 1. The second kappa shape index (κ2) is 13.5. The lowest BCUT2D eigenvalue weighted by Gasteiger charge is -2.72. The van der Waals surface area contributed by atoms with Crippen molar-refractivity contribution >= 4 is 23.7 Å². The first-order chi connectivity index (χ1) is 24.6. The molecule has 1 heterocycles. The number of hydrogen-bond acceptors (Lipinski definition) is 6. The molecule has 284 valence electrons. The zero-order valence-corrected chi connectivity index (χ0v) is 33.2. The van der Waals surface area contributed by atoms with Crippen molar-refractivity contribution in [3.8, 4) is 5.75 Å². The molecule has 52 heavy (non-hydrogen) atoms. The van der Waals surface area contributed by atoms with Crippen molar-refractivity contribution in [3.63, 3.8) is 0 Å². The fraction of sp³-hybridized carbons (Fsp3) is 0.711. The molecular formula is C45H65N3O4. The maximum absolute atomic E-state index is 12.2. The van der Waals surface area contributed by atoms with Gasteiger partial charge in [-0.2, -0.15) is 0 Å². The molecule has 0 bridgehead atoms. The maximum atomic E-state index is 12.2. The van der Waals surface area contributed by atoms with Gasteiger partial charge in [0.15, 0.2) is 0 Å². The maximum Gasteiger partial charge on any atom is 0.298 e. The molecule has 1 aromatic rings. The summed E-state index contributed by atoms with van der Waals surface area (Å²) in [5, 5.41) is 4.26. The van der Waals surface area contributed by atoms with Crippen LogP contribution in [0.4, 0.5) is 0 Å². The first-order valence-corrected chi connectivity index (χ1v) is 20.5. The summed E-state index contributed by atoms with van der Waals surface area (Å²) in [7, 11) is 0. The van der Waals surface area contributed by atoms with Crippen LogP contribution in [0, 0.1) is 51.2 Å². The van der Waals surface area contributed by atoms with E-state index in [1.54, 1.807) is 4.90 Å². The lowest BCUT2D eigenvalue weighted by atomic mass is 9.33. The molecule has 1 aromatic carbocycles. The summed E-state index contributed by atoms with van der Waals surface area (Å²) in [5.41, 5.74) is 5.14. The molecule has 1 amide bonds. The number of Topliss-reactive ketones (excluding diaryl/α,β-unsaturated/α-hetero) is 1. The largest absolute Gasteiger partial charge is 0.429 e. The Morgan fingerprint density at radius 2 is 1.60 bits per heavy atom. The minimum Gasteiger partial charge on any atom is -0.429 e. The molecule has 0 aromatic heterocycles. The van der Waals surface area contributed by atoms with Gasteiger partial charge in [-0.1, -0.05) is 65.0 Å². The highest BCUT2D eigenvalue weighted by Crippen LogP contribution is 2.76. The smallest absolute Gasteiger partial charge is 0.298 e. The number of amides is 1. The Morgan fingerprint density at radius 3 is 2.25 bits per heavy atom. The normalized spacial score (nSPS) is 39.6. The van der Waals surface area contributed by atoms with Gasteiger partial charge in [0, 0.05) is 51.7 Å². The average molecular weight is 712 g/mol. The Bertz CT molecular complexity index is 1610. The number of piperazine rings is 1. The van der Waals surface area contributed by atoms with E-state index in [9.17, 15) is 14.4 Å². The number of ketones is 1. The highest BCUT2D eigenvalue weighted by molar-refractivity contribution is 6.35. The van der Waals surface area contributed by atoms with Crippen molar-refractivity contribution in [3.05, 3.63) is 48.1 Å². The van der Waals surface area contributed by atoms with Crippen LogP contribution in [0.15, 0.2) is 42.5 Å². The molecule has 7 nitrogen and oxygen atoms in total. The van der Waals surface area contributed by atoms with E-state index in [2.05, 4.69) is 76.5 Å². The Balaban J connectivity index is 1.10. The van der Waals surface area contributed by atoms with E-state index < -0.39 is 0 Å². The van der Waals surface area contributed by atoms with Gasteiger partial charge in [-0.25, -0.2) is 0 Å². The zero-order valence-electron chi connectivity index (χ0n) is 33.2. The standard InChI is InChI=1S/C45H65N3O4/c1-30(2)34-15-20-45(46-23-24-47-25-27-48(28-26-47)40(51)31(3)50)22-21-43(7)36(39(34)45)13-14-38-42(6)18-16-35(32-9-11-33(12-10-32)52-29-49)41(4,5)37(42)17-19-44(38,43)8/h9-12,16,29,34,36-39,46H,1,13-15,17-28H2,2-8H3/t34-,36+,37-,38+,39+,42-,43+,44+,45-/m0/s1. The Hall–Kier alpha value is -2.77. The molecule has 0 spiro atoms. The third-order valence-electron chi connectivity index (χ3n) is 16.9. The fourth-order valence-electron chi connectivity index (χ4n) is 14.2. The summed E-state index contributed by atoms with van der Waals surface area (Å²) < 4.78 is 5.11. The highest BCUT2D eigenvalue weighted by atomic mass is 16.5. The lowest BCUT2D eigenvalue weighted by molar-refractivity contribution is -0.219. The molecule has 7 rings (SSSR count). The molecule has 1 aliphatic heterocycles. The van der Waals surface area contributed by atoms with Crippen molar-refractivity contribution in [1.82, 2.24) is 15.1 Å². The zero-order chi connectivity index (χ0) is 37.3. The van der Waals surface area contributed by atoms with Gasteiger partial charge in [0.1, 0.15) is 5.75 Å². The minimum atomic E-state index is -0.359. The Morgan fingerprint density at radius 1 is 0.885 bits per heavy atom. The van der Waals surface area contributed by atoms with Crippen LogP contribution < -0.4 is 10.1 Å². The van der Waals surface area contributed by atoms with Crippen molar-refractivity contribution in [2.75, 3.05) is 39.3 Å². The number of allylic oxidation sites excluding steroid dienone is 3. The predicted molar refractivity (Wildman–Crippen MR) is 207 cm³/mol. The number of nitrogens with one attached hydrogen (secondary N) is 1. The van der Waals surface area contributed by atoms with E-state index in [1.165, 1.54) is 75.0 Å². The van der Waals surface area contributed by atoms with Gasteiger partial charge in [0.05, 0.1) is 0 Å². The van der Waals surface area contributed by atoms with Gasteiger partial charge in [-0.3, -0.25) is 19.3 Å². The second-order valence-electron chi connectivity index (χ2n) is 19.2. The van der Waals surface area contributed by atoms with E-state index in [1.807, 2.05) is 12.1 Å². The van der Waals surface area contributed by atoms with Gasteiger partial charge < -0.3 is 15.0 Å². The summed E-state index contributed by atoms with van der Waals surface area (Å²) >= 11 is 0. The van der Waals surface area contributed by atoms with Gasteiger partial charge in [0.2, 0.25) is 5.78 Å². The van der Waals surface area contributed by atoms with Gasteiger partial charge >= 0.3 is 0 Å². The van der Waals surface area contributed by atoms with Crippen LogP contribution in [0.3, 0.4) is 0 Å². The number of carbonyl (C=O) groups is 3. The third kappa shape index (κ3) is 5.77. The van der Waals surface area contributed by atoms with E-state index >= 15 is 0 Å². The van der Waals surface area contributed by atoms with Crippen LogP contribution in [0.5, 0.6) is 5.75 Å². The van der Waals surface area contributed by atoms with Crippen LogP contribution >= 0.6 is 0 Å². The molecule has 6 aliphatic rings. The Kier molecular flexibility index (Phi) is 9.76. The molecule has 0 radical (unpaired) electrons. The van der Waals surface area contributed by atoms with E-state index in [0.717, 1.165) is 32.6 Å². The van der Waals surface area contributed by atoms with Gasteiger partial charge in [-0.15, -0.1) is 0 Å². The summed E-state index contributed by atoms with van der Waals surface area (Å²) in [6, 6.07) is 8.12. The van der Waals surface area contributed by atoms with Crippen LogP contribution in [-0.2, 0) is 14.4 Å². The third-order valence-corrected chi connectivity index (χ3v) is 16.9. The van der Waals surface area contributed by atoms with Gasteiger partial charge in [0.25, 0.3) is 12.4 Å². The number of hydrogen-bond donors (Lipinski definition) is 1. The summed E-state index contributed by atoms with van der Waals surface area (Å²) in [6.45, 7) is 26.8. The monoisotopic (exact) mass is 711 g/mol. The number of ether oxygens (including phenoxy) is 1. The van der Waals surface area contributed by atoms with Crippen LogP contribution in [0.1, 0.15) is 112 Å². The molecule has 4 saturated carbocycles. The number of nitrogens with zero attached hydrogens (tertiary/aromatic N) is 2. The summed E-state index contributed by atoms with van der Waals surface area (Å²) in [5.74, 6) is 3.10. The molecule has 0 unspecified atom stereocenters. The minimum absolute atomic E-state index is 0.0524. The SMILES string of the molecule is C=C(C)[C@@H]1CC[C@]2(NCCN3CCN(C(=O)C(C)=O)CC3)CC[C@]3(C)[C@H](CC[C@@H]4[C@@]5(C)CC=C(c6ccc(OC=O)cc6)C(C)(C)[C@@H]5CC[C@]43C)[C@@H]12. The Labute approximate surface area is 313 Å². The average Bonchev–Trinajstić information content (AvgIpc) is 3.49. The number of fused-ring (bicyclic) bond motifs is 7. The number of carbonyl (C=O) groups excluding carboxylic acids is 3. The molecule has 9 atom stereocenters. The molecule has 1 N–H and O–H groups in total. The van der Waals surface area contributed by atoms with Crippen LogP contribution in [0.2, 0.25) is 0 Å². The lowest BCUT2D eigenvalue weighted by Crippen LogP contribution is -2.68. The summed E-state index contributed by atoms with van der Waals surface area (Å²) in [4.78, 5) is 38.9. The highest BCUT2D eigenvalue weighted by Gasteiger charge is 2.70.